The van der Waals surface area contributed by atoms with Gasteiger partial charge in [0.05, 0.1) is 57.4 Å². The summed E-state index contributed by atoms with van der Waals surface area (Å²) < 4.78 is 71.0. The van der Waals surface area contributed by atoms with Gasteiger partial charge in [-0.25, -0.2) is 14.4 Å². The Bertz CT molecular complexity index is 3190. The number of fused-ring (bicyclic) bond motifs is 5. The molecule has 13 atom stereocenters. The number of unbranched alkanes of at least 4 members (excludes halogenated alkanes) is 16. The fourth-order valence-electron chi connectivity index (χ4n) is 14.5. The third-order valence-electron chi connectivity index (χ3n) is 20.2. The summed E-state index contributed by atoms with van der Waals surface area (Å²) in [4.78, 5) is 125. The molecule has 2 bridgehead atoms. The number of ether oxygens (including phenoxy) is 8. The van der Waals surface area contributed by atoms with Crippen LogP contribution < -0.4 is 10.2 Å². The first-order valence-electron chi connectivity index (χ1n) is 36.6. The number of hydrogen-bond acceptors (Lipinski definition) is 23. The van der Waals surface area contributed by atoms with E-state index >= 15 is 9.59 Å². The molecule has 1 aliphatic heterocycles. The first kappa shape index (κ1) is 84.8. The topological polar surface area (TPSA) is 342 Å². The minimum Gasteiger partial charge on any atom is -0.756 e. The van der Waals surface area contributed by atoms with Gasteiger partial charge in [-0.05, 0) is 82.7 Å². The van der Waals surface area contributed by atoms with Crippen LogP contribution in [0, 0.1) is 16.7 Å². The number of alkyl carbamates (subject to hydrolysis) is 1. The summed E-state index contributed by atoms with van der Waals surface area (Å²) in [6.45, 7) is 12.9. The molecular formula is C76H115N2O23P. The van der Waals surface area contributed by atoms with Crippen molar-refractivity contribution in [2.75, 3.05) is 54.1 Å². The van der Waals surface area contributed by atoms with Crippen molar-refractivity contribution in [2.45, 2.75) is 276 Å². The number of phosphoric acid groups is 1. The van der Waals surface area contributed by atoms with Crippen LogP contribution in [0.1, 0.15) is 232 Å². The quantitative estimate of drug-likeness (QED) is 0.0120. The summed E-state index contributed by atoms with van der Waals surface area (Å²) in [6, 6.07) is 14.3. The maximum atomic E-state index is 15.4. The number of hydrogen-bond donors (Lipinski definition) is 4. The Morgan fingerprint density at radius 1 is 0.735 bits per heavy atom. The molecule has 0 aromatic heterocycles. The molecule has 102 heavy (non-hydrogen) atoms. The van der Waals surface area contributed by atoms with Crippen molar-refractivity contribution in [3.63, 3.8) is 0 Å². The Morgan fingerprint density at radius 3 is 1.78 bits per heavy atom. The summed E-state index contributed by atoms with van der Waals surface area (Å²) in [5.41, 5.74) is -8.97. The summed E-state index contributed by atoms with van der Waals surface area (Å²) >= 11 is 0. The lowest BCUT2D eigenvalue weighted by Gasteiger charge is -2.67. The minimum atomic E-state index is -4.84. The first-order valence-corrected chi connectivity index (χ1v) is 38.1. The number of nitrogens with one attached hydrogen (secondary N) is 1. The number of quaternary nitrogens is 1. The molecule has 1 saturated heterocycles. The van der Waals surface area contributed by atoms with Gasteiger partial charge in [0.2, 0.25) is 6.10 Å². The van der Waals surface area contributed by atoms with Crippen LogP contribution >= 0.6 is 7.82 Å². The van der Waals surface area contributed by atoms with E-state index in [2.05, 4.69) is 12.2 Å². The van der Waals surface area contributed by atoms with Crippen LogP contribution in [0.5, 0.6) is 0 Å². The molecule has 3 fully saturated rings. The zero-order valence-electron chi connectivity index (χ0n) is 62.2. The highest BCUT2D eigenvalue weighted by atomic mass is 31.2. The van der Waals surface area contributed by atoms with Crippen LogP contribution in [0.2, 0.25) is 0 Å². The molecule has 0 spiro atoms. The molecule has 26 heteroatoms. The van der Waals surface area contributed by atoms with Crippen molar-refractivity contribution < 1.29 is 115 Å². The molecule has 0 radical (unpaired) electrons. The summed E-state index contributed by atoms with van der Waals surface area (Å²) in [5.74, 6) is -7.74. The van der Waals surface area contributed by atoms with Gasteiger partial charge in [-0.3, -0.25) is 28.5 Å². The van der Waals surface area contributed by atoms with E-state index in [0.29, 0.717) is 43.1 Å². The van der Waals surface area contributed by atoms with E-state index in [1.807, 2.05) is 21.1 Å². The van der Waals surface area contributed by atoms with E-state index in [4.69, 9.17) is 46.9 Å². The zero-order chi connectivity index (χ0) is 75.3. The molecule has 4 N–H and O–H groups in total. The number of aliphatic hydroxyl groups excluding tert-OH is 2. The number of amides is 1. The first-order chi connectivity index (χ1) is 48.0. The predicted molar refractivity (Wildman–Crippen MR) is 373 cm³/mol. The van der Waals surface area contributed by atoms with Gasteiger partial charge in [0.25, 0.3) is 7.82 Å². The molecule has 6 rings (SSSR count). The van der Waals surface area contributed by atoms with Crippen molar-refractivity contribution in [3.8, 4) is 0 Å². The molecule has 2 unspecified atom stereocenters. The second kappa shape index (κ2) is 38.2. The van der Waals surface area contributed by atoms with E-state index in [-0.39, 0.29) is 67.6 Å². The third-order valence-corrected chi connectivity index (χ3v) is 21.2. The van der Waals surface area contributed by atoms with Gasteiger partial charge in [0, 0.05) is 44.4 Å². The van der Waals surface area contributed by atoms with Crippen LogP contribution in [0.3, 0.4) is 0 Å². The van der Waals surface area contributed by atoms with Crippen molar-refractivity contribution in [3.05, 3.63) is 82.9 Å². The SMILES string of the molecule is CCCCCCCCCCCCCCCC(=O)OC[C@@H](COP(=O)([O-])OCC[N+](C)(C)C)OC(=O)CCCCCCCC(=O)O[C@@H](C(=O)OC1C[C@@]2(O)[C@@H](OC(=O)c3ccccc3)[C@@H]3[C@]4(OC(C)=O)CO[C@@H]4C[C@H](O)[C@@]3(C)C(=O)[C@H](O)C(=C1C)C2(C)C)[C@@H](NC(=O)OC(C)(C)C)c1ccccc1. The predicted octanol–water partition coefficient (Wildman–Crippen LogP) is 10.7. The highest BCUT2D eigenvalue weighted by molar-refractivity contribution is 7.45. The van der Waals surface area contributed by atoms with Gasteiger partial charge in [0.1, 0.15) is 61.4 Å². The number of carbonyl (C=O) groups is 8. The lowest BCUT2D eigenvalue weighted by molar-refractivity contribution is -0.870. The van der Waals surface area contributed by atoms with Gasteiger partial charge in [-0.1, -0.05) is 166 Å². The second-order valence-electron chi connectivity index (χ2n) is 30.7. The van der Waals surface area contributed by atoms with Crippen LogP contribution in [0.15, 0.2) is 71.8 Å². The molecule has 572 valence electrons. The number of esters is 6. The van der Waals surface area contributed by atoms with E-state index in [0.717, 1.165) is 32.6 Å². The van der Waals surface area contributed by atoms with Crippen molar-refractivity contribution in [1.29, 1.82) is 0 Å². The van der Waals surface area contributed by atoms with Gasteiger partial charge >= 0.3 is 41.9 Å². The fraction of sp³-hybridized carbons (Fsp3) is 0.711. The number of likely N-dealkylation sites (N-methyl/N-ethyl adjacent to an activating group) is 1. The number of Topliss-reactive ketones (excluding diaryl/α,β-unsaturated/α-hetero) is 1. The van der Waals surface area contributed by atoms with Crippen molar-refractivity contribution in [1.82, 2.24) is 5.32 Å². The normalized spacial score (nSPS) is 25.2. The van der Waals surface area contributed by atoms with Gasteiger partial charge < -0.3 is 77.0 Å². The average molecular weight is 1460 g/mol. The highest BCUT2D eigenvalue weighted by Gasteiger charge is 2.78. The molecule has 25 nitrogen and oxygen atoms in total. The molecule has 1 amide bonds. The second-order valence-corrected chi connectivity index (χ2v) is 32.1. The largest absolute Gasteiger partial charge is 0.756 e. The Balaban J connectivity index is 1.15. The Hall–Kier alpha value is -6.15. The van der Waals surface area contributed by atoms with Crippen LogP contribution in [-0.2, 0) is 80.3 Å². The lowest BCUT2D eigenvalue weighted by atomic mass is 9.44. The van der Waals surface area contributed by atoms with Crippen LogP contribution in [-0.4, -0.2) is 181 Å². The molecule has 4 aliphatic rings. The molecular weight excluding hydrogens is 1340 g/mol. The van der Waals surface area contributed by atoms with E-state index in [1.165, 1.54) is 91.2 Å². The Labute approximate surface area is 602 Å². The van der Waals surface area contributed by atoms with Gasteiger partial charge in [-0.15, -0.1) is 0 Å². The highest BCUT2D eigenvalue weighted by Crippen LogP contribution is 2.64. The third kappa shape index (κ3) is 23.4. The molecule has 3 aliphatic carbocycles. The lowest BCUT2D eigenvalue weighted by Crippen LogP contribution is -2.81. The molecule has 2 aromatic carbocycles. The van der Waals surface area contributed by atoms with E-state index in [1.54, 1.807) is 69.3 Å². The Kier molecular flexibility index (Phi) is 31.8. The molecule has 2 saturated carbocycles. The van der Waals surface area contributed by atoms with E-state index in [9.17, 15) is 53.5 Å². The molecule has 1 heterocycles. The summed E-state index contributed by atoms with van der Waals surface area (Å²) in [7, 11) is 0.762. The number of nitrogens with zero attached hydrogens (tertiary/aromatic N) is 1. The van der Waals surface area contributed by atoms with Crippen LogP contribution in [0.25, 0.3) is 0 Å². The van der Waals surface area contributed by atoms with Crippen LogP contribution in [0.4, 0.5) is 4.79 Å². The smallest absolute Gasteiger partial charge is 0.408 e. The maximum absolute atomic E-state index is 15.4. The standard InChI is InChI=1S/C76H115N2O23P/c1-13-14-15-16-17-18-19-20-21-22-23-25-34-41-59(81)92-48-55(49-95-102(90,91)94-45-44-78(10,11)12)96-60(82)42-35-26-24-27-36-43-61(83)98-65(63(53-37-30-28-31-38-53)77-71(88)101-72(4,5)6)70(87)97-56-47-76(89)68(99-69(86)54-39-32-29-33-40-54)66-74(9,67(85)64(84)62(51(56)2)73(76,7)8)57(80)46-58-75(66,50-93-58)100-52(3)79/h28-33,37-40,55-58,63-66,68,80,84,89H,13-27,34-36,41-50H2,1-12H3,(H-,77,88,90,91)/t55-,56?,57-,58+,63-,64+,65+,66-,68-,74+,75-,76+/m0/s1. The summed E-state index contributed by atoms with van der Waals surface area (Å²) in [6.07, 6.45) is 3.13. The summed E-state index contributed by atoms with van der Waals surface area (Å²) in [5, 5.41) is 41.3. The number of rotatable bonds is 41. The number of benzene rings is 2. The zero-order valence-corrected chi connectivity index (χ0v) is 63.1. The fourth-order valence-corrected chi connectivity index (χ4v) is 15.2. The maximum Gasteiger partial charge on any atom is 0.408 e. The molecule has 2 aromatic rings. The number of aliphatic hydroxyl groups is 3. The van der Waals surface area contributed by atoms with Crippen molar-refractivity contribution in [2.24, 2.45) is 16.7 Å². The Morgan fingerprint density at radius 2 is 1.26 bits per heavy atom. The average Bonchev–Trinajstić information content (AvgIpc) is 0.670. The number of ketones is 1. The minimum absolute atomic E-state index is 0.0294. The van der Waals surface area contributed by atoms with Crippen molar-refractivity contribution >= 4 is 55.5 Å². The number of phosphoric ester groups is 1. The van der Waals surface area contributed by atoms with Gasteiger partial charge in [0.15, 0.2) is 17.5 Å². The van der Waals surface area contributed by atoms with E-state index < -0.39 is 157 Å². The van der Waals surface area contributed by atoms with Gasteiger partial charge in [-0.2, -0.15) is 0 Å². The number of carbonyl (C=O) groups excluding carboxylic acids is 8. The monoisotopic (exact) mass is 1450 g/mol.